The maximum atomic E-state index is 9.66. The smallest absolute Gasteiger partial charge is 0.221 e. The van der Waals surface area contributed by atoms with E-state index in [0.29, 0.717) is 10.9 Å². The van der Waals surface area contributed by atoms with Gasteiger partial charge < -0.3 is 5.11 Å². The van der Waals surface area contributed by atoms with Gasteiger partial charge in [0.15, 0.2) is 0 Å². The number of rotatable bonds is 1. The molecule has 0 aliphatic rings. The maximum absolute atomic E-state index is 9.66. The predicted molar refractivity (Wildman–Crippen MR) is 62.2 cm³/mol. The van der Waals surface area contributed by atoms with Crippen molar-refractivity contribution in [2.75, 3.05) is 0 Å². The van der Waals surface area contributed by atoms with E-state index in [1.165, 1.54) is 6.33 Å². The van der Waals surface area contributed by atoms with Crippen LogP contribution in [0.3, 0.4) is 0 Å². The number of hydrogen-bond donors (Lipinski definition) is 1. The van der Waals surface area contributed by atoms with E-state index in [1.54, 1.807) is 12.4 Å². The van der Waals surface area contributed by atoms with Gasteiger partial charge in [-0.2, -0.15) is 10.2 Å². The standard InChI is InChI=1S/C12H8N4O/c17-12-10-5-8(9-3-4-15-16-6-9)1-2-11(10)13-7-14-12/h1-7H,(H,13,14,17). The Morgan fingerprint density at radius 2 is 1.88 bits per heavy atom. The van der Waals surface area contributed by atoms with E-state index in [4.69, 9.17) is 0 Å². The lowest BCUT2D eigenvalue weighted by Crippen LogP contribution is -1.86. The van der Waals surface area contributed by atoms with Crippen LogP contribution in [0.1, 0.15) is 0 Å². The molecule has 5 heteroatoms. The molecule has 3 rings (SSSR count). The highest BCUT2D eigenvalue weighted by Crippen LogP contribution is 2.26. The van der Waals surface area contributed by atoms with Gasteiger partial charge in [-0.3, -0.25) is 0 Å². The quantitative estimate of drug-likeness (QED) is 0.682. The Bertz CT molecular complexity index is 670. The largest absolute Gasteiger partial charge is 0.493 e. The van der Waals surface area contributed by atoms with Crippen molar-refractivity contribution in [3.8, 4) is 17.0 Å². The molecule has 0 radical (unpaired) electrons. The summed E-state index contributed by atoms with van der Waals surface area (Å²) in [6.45, 7) is 0. The second-order valence-electron chi connectivity index (χ2n) is 3.56. The van der Waals surface area contributed by atoms with Gasteiger partial charge in [0.05, 0.1) is 23.3 Å². The number of hydrogen-bond acceptors (Lipinski definition) is 5. The molecule has 3 aromatic rings. The minimum atomic E-state index is -0.0149. The first-order valence-electron chi connectivity index (χ1n) is 5.05. The monoisotopic (exact) mass is 224 g/mol. The number of aromatic nitrogens is 4. The molecule has 82 valence electrons. The normalized spacial score (nSPS) is 10.6. The summed E-state index contributed by atoms with van der Waals surface area (Å²) in [6.07, 6.45) is 4.63. The topological polar surface area (TPSA) is 71.8 Å². The summed E-state index contributed by atoms with van der Waals surface area (Å²) in [5, 5.41) is 17.8. The Kier molecular flexibility index (Phi) is 2.15. The van der Waals surface area contributed by atoms with Crippen LogP contribution in [0.2, 0.25) is 0 Å². The lowest BCUT2D eigenvalue weighted by molar-refractivity contribution is 0.459. The van der Waals surface area contributed by atoms with Crippen LogP contribution in [0.4, 0.5) is 0 Å². The lowest BCUT2D eigenvalue weighted by Gasteiger charge is -2.03. The average Bonchev–Trinajstić information content (AvgIpc) is 2.40. The second-order valence-corrected chi connectivity index (χ2v) is 3.56. The molecule has 1 N–H and O–H groups in total. The van der Waals surface area contributed by atoms with Crippen molar-refractivity contribution < 1.29 is 5.11 Å². The van der Waals surface area contributed by atoms with E-state index < -0.39 is 0 Å². The zero-order chi connectivity index (χ0) is 11.7. The Labute approximate surface area is 96.8 Å². The average molecular weight is 224 g/mol. The highest BCUT2D eigenvalue weighted by molar-refractivity contribution is 5.87. The minimum Gasteiger partial charge on any atom is -0.493 e. The Morgan fingerprint density at radius 3 is 2.71 bits per heavy atom. The second kappa shape index (κ2) is 3.79. The van der Waals surface area contributed by atoms with Crippen LogP contribution in [0.25, 0.3) is 22.0 Å². The van der Waals surface area contributed by atoms with Gasteiger partial charge in [0.2, 0.25) is 5.88 Å². The van der Waals surface area contributed by atoms with E-state index in [9.17, 15) is 5.11 Å². The van der Waals surface area contributed by atoms with E-state index >= 15 is 0 Å². The third-order valence-corrected chi connectivity index (χ3v) is 2.53. The van der Waals surface area contributed by atoms with Crippen molar-refractivity contribution >= 4 is 10.9 Å². The molecule has 0 amide bonds. The summed E-state index contributed by atoms with van der Waals surface area (Å²) in [6, 6.07) is 7.45. The van der Waals surface area contributed by atoms with Crippen LogP contribution in [-0.2, 0) is 0 Å². The van der Waals surface area contributed by atoms with Gasteiger partial charge in [-0.15, -0.1) is 0 Å². The van der Waals surface area contributed by atoms with Crippen molar-refractivity contribution in [2.45, 2.75) is 0 Å². The fraction of sp³-hybridized carbons (Fsp3) is 0. The van der Waals surface area contributed by atoms with E-state index in [2.05, 4.69) is 20.2 Å². The number of fused-ring (bicyclic) bond motifs is 1. The Morgan fingerprint density at radius 1 is 0.941 bits per heavy atom. The summed E-state index contributed by atoms with van der Waals surface area (Å²) in [5.74, 6) is -0.0149. The molecule has 0 atom stereocenters. The van der Waals surface area contributed by atoms with Crippen LogP contribution in [0.15, 0.2) is 43.0 Å². The predicted octanol–water partition coefficient (Wildman–Crippen LogP) is 1.79. The van der Waals surface area contributed by atoms with Crippen molar-refractivity contribution in [1.82, 2.24) is 20.2 Å². The van der Waals surface area contributed by atoms with Crippen LogP contribution in [0, 0.1) is 0 Å². The first kappa shape index (κ1) is 9.65. The van der Waals surface area contributed by atoms with Crippen molar-refractivity contribution in [3.05, 3.63) is 43.0 Å². The van der Waals surface area contributed by atoms with E-state index in [0.717, 1.165) is 11.1 Å². The van der Waals surface area contributed by atoms with Crippen LogP contribution in [0.5, 0.6) is 5.88 Å². The van der Waals surface area contributed by atoms with Gasteiger partial charge in [-0.25, -0.2) is 9.97 Å². The molecule has 1 aromatic carbocycles. The van der Waals surface area contributed by atoms with Gasteiger partial charge >= 0.3 is 0 Å². The summed E-state index contributed by atoms with van der Waals surface area (Å²) >= 11 is 0. The van der Waals surface area contributed by atoms with Crippen molar-refractivity contribution in [3.63, 3.8) is 0 Å². The van der Waals surface area contributed by atoms with Crippen LogP contribution >= 0.6 is 0 Å². The van der Waals surface area contributed by atoms with Gasteiger partial charge in [-0.05, 0) is 23.8 Å². The van der Waals surface area contributed by atoms with Crippen molar-refractivity contribution in [1.29, 1.82) is 0 Å². The number of aromatic hydroxyl groups is 1. The number of nitrogens with zero attached hydrogens (tertiary/aromatic N) is 4. The minimum absolute atomic E-state index is 0.0149. The summed E-state index contributed by atoms with van der Waals surface area (Å²) in [4.78, 5) is 7.84. The summed E-state index contributed by atoms with van der Waals surface area (Å²) < 4.78 is 0. The summed E-state index contributed by atoms with van der Waals surface area (Å²) in [7, 11) is 0. The van der Waals surface area contributed by atoms with Gasteiger partial charge in [0.1, 0.15) is 6.33 Å². The third kappa shape index (κ3) is 1.67. The highest BCUT2D eigenvalue weighted by atomic mass is 16.3. The van der Waals surface area contributed by atoms with Gasteiger partial charge in [-0.1, -0.05) is 6.07 Å². The molecule has 0 aliphatic heterocycles. The van der Waals surface area contributed by atoms with E-state index in [-0.39, 0.29) is 5.88 Å². The first-order chi connectivity index (χ1) is 8.34. The fourth-order valence-corrected chi connectivity index (χ4v) is 1.68. The lowest BCUT2D eigenvalue weighted by atomic mass is 10.1. The SMILES string of the molecule is Oc1ncnc2ccc(-c3ccnnc3)cc12. The first-order valence-corrected chi connectivity index (χ1v) is 5.05. The van der Waals surface area contributed by atoms with E-state index in [1.807, 2.05) is 24.3 Å². The zero-order valence-corrected chi connectivity index (χ0v) is 8.78. The van der Waals surface area contributed by atoms with Crippen LogP contribution in [-0.4, -0.2) is 25.3 Å². The molecule has 0 saturated carbocycles. The molecule has 0 saturated heterocycles. The molecular weight excluding hydrogens is 216 g/mol. The molecule has 0 unspecified atom stereocenters. The van der Waals surface area contributed by atoms with Gasteiger partial charge in [0, 0.05) is 5.56 Å². The molecule has 2 aromatic heterocycles. The molecule has 0 fully saturated rings. The van der Waals surface area contributed by atoms with Crippen molar-refractivity contribution in [2.24, 2.45) is 0 Å². The molecule has 0 bridgehead atoms. The van der Waals surface area contributed by atoms with Crippen LogP contribution < -0.4 is 0 Å². The number of benzene rings is 1. The highest BCUT2D eigenvalue weighted by Gasteiger charge is 2.04. The Balaban J connectivity index is 2.23. The fourth-order valence-electron chi connectivity index (χ4n) is 1.68. The molecule has 0 aliphatic carbocycles. The molecule has 17 heavy (non-hydrogen) atoms. The third-order valence-electron chi connectivity index (χ3n) is 2.53. The zero-order valence-electron chi connectivity index (χ0n) is 8.78. The molecular formula is C12H8N4O. The molecule has 5 nitrogen and oxygen atoms in total. The Hall–Kier alpha value is -2.56. The molecule has 0 spiro atoms. The maximum Gasteiger partial charge on any atom is 0.221 e. The molecule has 2 heterocycles. The summed E-state index contributed by atoms with van der Waals surface area (Å²) in [5.41, 5.74) is 2.59. The van der Waals surface area contributed by atoms with Gasteiger partial charge in [0.25, 0.3) is 0 Å².